The quantitative estimate of drug-likeness (QED) is 0.626. The van der Waals surface area contributed by atoms with Gasteiger partial charge in [-0.05, 0) is 67.0 Å². The van der Waals surface area contributed by atoms with Gasteiger partial charge in [0.2, 0.25) is 5.91 Å². The highest BCUT2D eigenvalue weighted by molar-refractivity contribution is 5.77. The van der Waals surface area contributed by atoms with Gasteiger partial charge in [0.05, 0.1) is 12.6 Å². The Morgan fingerprint density at radius 2 is 1.69 bits per heavy atom. The third-order valence-corrected chi connectivity index (χ3v) is 5.67. The smallest absolute Gasteiger partial charge is 0.223 e. The normalized spacial score (nSPS) is 19.3. The first kappa shape index (κ1) is 20.0. The summed E-state index contributed by atoms with van der Waals surface area (Å²) in [6.45, 7) is 1.04. The Balaban J connectivity index is 1.75. The lowest BCUT2D eigenvalue weighted by atomic mass is 9.92. The zero-order valence-electron chi connectivity index (χ0n) is 16.1. The number of ether oxygens (including phenoxy) is 1. The number of rotatable bonds is 7. The monoisotopic (exact) mass is 403 g/mol. The number of benzene rings is 2. The predicted molar refractivity (Wildman–Crippen MR) is 102 cm³/mol. The fraction of sp³-hybridized carbons (Fsp3) is 0.435. The summed E-state index contributed by atoms with van der Waals surface area (Å²) < 4.78 is 47.3. The average molecular weight is 403 g/mol. The Bertz CT molecular complexity index is 867. The molecule has 1 amide bonds. The largest absolute Gasteiger partial charge is 0.371 e. The summed E-state index contributed by atoms with van der Waals surface area (Å²) in [5.41, 5.74) is 1.18. The maximum absolute atomic E-state index is 14.0. The van der Waals surface area contributed by atoms with E-state index in [9.17, 15) is 18.0 Å². The Morgan fingerprint density at radius 1 is 0.966 bits per heavy atom. The van der Waals surface area contributed by atoms with Gasteiger partial charge in [0, 0.05) is 13.0 Å². The van der Waals surface area contributed by atoms with Crippen molar-refractivity contribution < 1.29 is 22.7 Å². The molecule has 2 aliphatic rings. The Labute approximate surface area is 168 Å². The fourth-order valence-corrected chi connectivity index (χ4v) is 3.88. The van der Waals surface area contributed by atoms with Gasteiger partial charge >= 0.3 is 0 Å². The van der Waals surface area contributed by atoms with Crippen LogP contribution in [0.15, 0.2) is 42.5 Å². The molecule has 29 heavy (non-hydrogen) atoms. The molecule has 4 rings (SSSR count). The van der Waals surface area contributed by atoms with E-state index >= 15 is 0 Å². The van der Waals surface area contributed by atoms with Crippen molar-refractivity contribution >= 4 is 5.91 Å². The molecule has 1 aliphatic heterocycles. The maximum Gasteiger partial charge on any atom is 0.223 e. The van der Waals surface area contributed by atoms with Crippen LogP contribution in [0.2, 0.25) is 0 Å². The van der Waals surface area contributed by atoms with Gasteiger partial charge in [-0.25, -0.2) is 13.2 Å². The molecule has 2 atom stereocenters. The number of hydrogen-bond acceptors (Lipinski definition) is 2. The molecule has 0 radical (unpaired) electrons. The molecule has 2 fully saturated rings. The average Bonchev–Trinajstić information content (AvgIpc) is 3.54. The third-order valence-electron chi connectivity index (χ3n) is 5.67. The summed E-state index contributed by atoms with van der Waals surface area (Å²) in [7, 11) is 0. The van der Waals surface area contributed by atoms with E-state index in [-0.39, 0.29) is 11.7 Å². The number of likely N-dealkylation sites (tertiary alicyclic amines) is 1. The summed E-state index contributed by atoms with van der Waals surface area (Å²) >= 11 is 0. The summed E-state index contributed by atoms with van der Waals surface area (Å²) in [5.74, 6) is -1.81. The van der Waals surface area contributed by atoms with Crippen molar-refractivity contribution in [2.75, 3.05) is 13.2 Å². The van der Waals surface area contributed by atoms with Gasteiger partial charge < -0.3 is 9.64 Å². The molecule has 1 saturated carbocycles. The lowest BCUT2D eigenvalue weighted by molar-refractivity contribution is -0.141. The molecule has 3 nitrogen and oxygen atoms in total. The molecule has 154 valence electrons. The lowest BCUT2D eigenvalue weighted by Crippen LogP contribution is -2.41. The van der Waals surface area contributed by atoms with Gasteiger partial charge in [-0.2, -0.15) is 0 Å². The van der Waals surface area contributed by atoms with Gasteiger partial charge in [0.15, 0.2) is 11.6 Å². The van der Waals surface area contributed by atoms with E-state index in [1.165, 1.54) is 18.2 Å². The molecule has 1 saturated heterocycles. The van der Waals surface area contributed by atoms with Gasteiger partial charge in [0.25, 0.3) is 0 Å². The number of carbonyl (C=O) groups is 1. The minimum atomic E-state index is -0.953. The SMILES string of the molecule is O=C1CCCCN1[C@@H](c1ccc(F)cc1)[C@H](OCC1CC1)c1ccc(F)c(F)c1. The Kier molecular flexibility index (Phi) is 5.90. The second kappa shape index (κ2) is 8.57. The molecule has 0 bridgehead atoms. The second-order valence-corrected chi connectivity index (χ2v) is 7.91. The van der Waals surface area contributed by atoms with Crippen molar-refractivity contribution in [3.05, 3.63) is 71.0 Å². The molecule has 0 N–H and O–H groups in total. The summed E-state index contributed by atoms with van der Waals surface area (Å²) in [6.07, 6.45) is 3.60. The molecule has 6 heteroatoms. The standard InChI is InChI=1S/C23H24F3NO2/c24-18-9-6-16(7-10-18)22(27-12-2-1-3-21(27)28)23(29-14-15-4-5-15)17-8-11-19(25)20(26)13-17/h6-11,13,15,22-23H,1-5,12,14H2/t22-,23+/m0/s1. The van der Waals surface area contributed by atoms with Crippen molar-refractivity contribution in [1.82, 2.24) is 4.90 Å². The molecular weight excluding hydrogens is 379 g/mol. The van der Waals surface area contributed by atoms with Gasteiger partial charge in [-0.15, -0.1) is 0 Å². The van der Waals surface area contributed by atoms with E-state index in [1.54, 1.807) is 17.0 Å². The molecule has 2 aromatic rings. The van der Waals surface area contributed by atoms with Crippen molar-refractivity contribution in [2.24, 2.45) is 5.92 Å². The van der Waals surface area contributed by atoms with Crippen LogP contribution < -0.4 is 0 Å². The number of hydrogen-bond donors (Lipinski definition) is 0. The van der Waals surface area contributed by atoms with Crippen molar-refractivity contribution in [3.8, 4) is 0 Å². The van der Waals surface area contributed by atoms with Crippen LogP contribution in [0.3, 0.4) is 0 Å². The third kappa shape index (κ3) is 4.64. The lowest BCUT2D eigenvalue weighted by Gasteiger charge is -2.39. The molecule has 0 aromatic heterocycles. The Morgan fingerprint density at radius 3 is 2.34 bits per heavy atom. The first-order valence-electron chi connectivity index (χ1n) is 10.1. The molecule has 0 spiro atoms. The summed E-state index contributed by atoms with van der Waals surface area (Å²) in [4.78, 5) is 14.5. The first-order chi connectivity index (χ1) is 14.0. The van der Waals surface area contributed by atoms with Crippen molar-refractivity contribution in [1.29, 1.82) is 0 Å². The number of nitrogens with zero attached hydrogens (tertiary/aromatic N) is 1. The number of piperidine rings is 1. The van der Waals surface area contributed by atoms with Crippen LogP contribution >= 0.6 is 0 Å². The zero-order chi connectivity index (χ0) is 20.4. The van der Waals surface area contributed by atoms with Crippen LogP contribution in [0.4, 0.5) is 13.2 Å². The molecule has 1 heterocycles. The fourth-order valence-electron chi connectivity index (χ4n) is 3.88. The molecule has 0 unspecified atom stereocenters. The highest BCUT2D eigenvalue weighted by atomic mass is 19.2. The summed E-state index contributed by atoms with van der Waals surface area (Å²) in [6, 6.07) is 9.15. The van der Waals surface area contributed by atoms with E-state index in [0.29, 0.717) is 36.6 Å². The molecular formula is C23H24F3NO2. The van der Waals surface area contributed by atoms with Crippen LogP contribution in [0.5, 0.6) is 0 Å². The Hall–Kier alpha value is -2.34. The van der Waals surface area contributed by atoms with Crippen LogP contribution in [0.1, 0.15) is 55.4 Å². The van der Waals surface area contributed by atoms with E-state index in [1.807, 2.05) is 0 Å². The number of carbonyl (C=O) groups excluding carboxylic acids is 1. The molecule has 2 aromatic carbocycles. The van der Waals surface area contributed by atoms with Crippen LogP contribution in [0.25, 0.3) is 0 Å². The number of amides is 1. The topological polar surface area (TPSA) is 29.5 Å². The first-order valence-corrected chi connectivity index (χ1v) is 10.1. The van der Waals surface area contributed by atoms with E-state index in [4.69, 9.17) is 4.74 Å². The second-order valence-electron chi connectivity index (χ2n) is 7.91. The van der Waals surface area contributed by atoms with E-state index in [0.717, 1.165) is 37.8 Å². The van der Waals surface area contributed by atoms with Gasteiger partial charge in [-0.3, -0.25) is 4.79 Å². The zero-order valence-corrected chi connectivity index (χ0v) is 16.1. The highest BCUT2D eigenvalue weighted by Gasteiger charge is 2.36. The van der Waals surface area contributed by atoms with E-state index in [2.05, 4.69) is 0 Å². The van der Waals surface area contributed by atoms with Gasteiger partial charge in [-0.1, -0.05) is 18.2 Å². The van der Waals surface area contributed by atoms with Gasteiger partial charge in [0.1, 0.15) is 11.9 Å². The summed E-state index contributed by atoms with van der Waals surface area (Å²) in [5, 5.41) is 0. The highest BCUT2D eigenvalue weighted by Crippen LogP contribution is 2.41. The van der Waals surface area contributed by atoms with E-state index < -0.39 is 23.8 Å². The minimum Gasteiger partial charge on any atom is -0.371 e. The number of halogens is 3. The predicted octanol–water partition coefficient (Wildman–Crippen LogP) is 5.33. The minimum absolute atomic E-state index is 0.00631. The maximum atomic E-state index is 14.0. The van der Waals surface area contributed by atoms with Crippen LogP contribution in [-0.2, 0) is 9.53 Å². The van der Waals surface area contributed by atoms with Crippen LogP contribution in [-0.4, -0.2) is 24.0 Å². The van der Waals surface area contributed by atoms with Crippen molar-refractivity contribution in [3.63, 3.8) is 0 Å². The van der Waals surface area contributed by atoms with Crippen molar-refractivity contribution in [2.45, 2.75) is 44.2 Å². The van der Waals surface area contributed by atoms with Crippen LogP contribution in [0, 0.1) is 23.4 Å². The molecule has 1 aliphatic carbocycles.